The number of pyridine rings is 1. The Bertz CT molecular complexity index is 1370. The van der Waals surface area contributed by atoms with Gasteiger partial charge in [0.25, 0.3) is 0 Å². The number of fused-ring (bicyclic) bond motifs is 1. The maximum Gasteiger partial charge on any atom is 0.220 e. The molecule has 4 N–H and O–H groups in total. The Hall–Kier alpha value is -4.17. The van der Waals surface area contributed by atoms with Crippen LogP contribution in [0, 0.1) is 0 Å². The van der Waals surface area contributed by atoms with Crippen molar-refractivity contribution in [2.24, 2.45) is 0 Å². The smallest absolute Gasteiger partial charge is 0.220 e. The highest BCUT2D eigenvalue weighted by atomic mass is 16.3. The monoisotopic (exact) mass is 409 g/mol. The first-order chi connectivity index (χ1) is 15.0. The van der Waals surface area contributed by atoms with Crippen molar-refractivity contribution in [1.29, 1.82) is 0 Å². The molecule has 31 heavy (non-hydrogen) atoms. The van der Waals surface area contributed by atoms with E-state index in [1.54, 1.807) is 31.6 Å². The summed E-state index contributed by atoms with van der Waals surface area (Å²) >= 11 is 0. The van der Waals surface area contributed by atoms with Gasteiger partial charge in [-0.2, -0.15) is 10.2 Å². The average molecular weight is 409 g/mol. The molecule has 0 saturated heterocycles. The van der Waals surface area contributed by atoms with Crippen LogP contribution in [0.3, 0.4) is 0 Å². The molecule has 1 aromatic carbocycles. The van der Waals surface area contributed by atoms with Crippen LogP contribution in [0.5, 0.6) is 0 Å². The molecule has 8 heteroatoms. The number of nitrogen functional groups attached to an aromatic ring is 1. The number of hydrogen-bond donors (Lipinski definition) is 3. The minimum atomic E-state index is -1.33. The van der Waals surface area contributed by atoms with Crippen molar-refractivity contribution in [2.75, 3.05) is 5.73 Å². The molecule has 0 radical (unpaired) electrons. The molecule has 8 nitrogen and oxygen atoms in total. The third-order valence-electron chi connectivity index (χ3n) is 5.30. The van der Waals surface area contributed by atoms with E-state index in [4.69, 9.17) is 5.73 Å². The Morgan fingerprint density at radius 2 is 1.81 bits per heavy atom. The number of aromatic nitrogens is 6. The van der Waals surface area contributed by atoms with Crippen molar-refractivity contribution in [3.63, 3.8) is 0 Å². The number of H-pyrrole nitrogens is 1. The van der Waals surface area contributed by atoms with E-state index < -0.39 is 5.60 Å². The lowest BCUT2D eigenvalue weighted by atomic mass is 9.91. The summed E-state index contributed by atoms with van der Waals surface area (Å²) in [7, 11) is 0. The Kier molecular flexibility index (Phi) is 4.41. The molecule has 152 valence electrons. The molecule has 1 unspecified atom stereocenters. The van der Waals surface area contributed by atoms with E-state index in [-0.39, 0.29) is 5.95 Å². The van der Waals surface area contributed by atoms with Gasteiger partial charge in [0.1, 0.15) is 11.2 Å². The minimum Gasteiger partial charge on any atom is -0.379 e. The fraction of sp³-hybridized carbons (Fsp3) is 0.0870. The molecule has 5 aromatic rings. The summed E-state index contributed by atoms with van der Waals surface area (Å²) in [6.45, 7) is 1.69. The van der Waals surface area contributed by atoms with Crippen LogP contribution in [0.2, 0.25) is 0 Å². The van der Waals surface area contributed by atoms with E-state index in [1.807, 2.05) is 48.7 Å². The Balaban J connectivity index is 1.64. The largest absolute Gasteiger partial charge is 0.379 e. The zero-order chi connectivity index (χ0) is 21.4. The van der Waals surface area contributed by atoms with E-state index in [0.29, 0.717) is 22.6 Å². The van der Waals surface area contributed by atoms with Crippen LogP contribution in [0.25, 0.3) is 33.4 Å². The number of nitrogens with zero attached hydrogens (tertiary/aromatic N) is 5. The maximum absolute atomic E-state index is 11.2. The molecule has 1 atom stereocenters. The first-order valence-corrected chi connectivity index (χ1v) is 9.70. The van der Waals surface area contributed by atoms with Crippen molar-refractivity contribution in [3.8, 4) is 22.4 Å². The average Bonchev–Trinajstić information content (AvgIpc) is 3.23. The second-order valence-corrected chi connectivity index (χ2v) is 7.39. The summed E-state index contributed by atoms with van der Waals surface area (Å²) in [4.78, 5) is 16.4. The molecule has 0 fully saturated rings. The van der Waals surface area contributed by atoms with Gasteiger partial charge in [0.15, 0.2) is 0 Å². The van der Waals surface area contributed by atoms with Crippen molar-refractivity contribution in [2.45, 2.75) is 12.5 Å². The molecule has 0 aliphatic rings. The summed E-state index contributed by atoms with van der Waals surface area (Å²) in [6, 6.07) is 15.0. The number of anilines is 1. The predicted octanol–water partition coefficient (Wildman–Crippen LogP) is 3.31. The van der Waals surface area contributed by atoms with Gasteiger partial charge in [-0.15, -0.1) is 0 Å². The van der Waals surface area contributed by atoms with Crippen molar-refractivity contribution < 1.29 is 5.11 Å². The second-order valence-electron chi connectivity index (χ2n) is 7.39. The summed E-state index contributed by atoms with van der Waals surface area (Å²) in [6.07, 6.45) is 6.93. The molecule has 0 aliphatic heterocycles. The van der Waals surface area contributed by atoms with Crippen LogP contribution >= 0.6 is 0 Å². The lowest BCUT2D eigenvalue weighted by molar-refractivity contribution is 0.0975. The van der Waals surface area contributed by atoms with Gasteiger partial charge in [-0.05, 0) is 30.7 Å². The van der Waals surface area contributed by atoms with E-state index in [2.05, 4.69) is 30.1 Å². The number of nitrogens with one attached hydrogen (secondary N) is 1. The highest BCUT2D eigenvalue weighted by Gasteiger charge is 2.28. The van der Waals surface area contributed by atoms with Gasteiger partial charge in [0.05, 0.1) is 23.8 Å². The summed E-state index contributed by atoms with van der Waals surface area (Å²) in [5, 5.41) is 19.9. The Morgan fingerprint density at radius 1 is 0.968 bits per heavy atom. The zero-order valence-corrected chi connectivity index (χ0v) is 16.7. The Labute approximate surface area is 177 Å². The van der Waals surface area contributed by atoms with Gasteiger partial charge in [-0.25, -0.2) is 15.0 Å². The standard InChI is InChI=1S/C23H19N7O/c1-23(31,16-5-3-2-4-6-16)20-10-19(29-22(24)30-20)18-13-26-21-17(18)9-15(11-25-21)14-7-8-27-28-12-14/h2-13,31H,1H3,(H,25,26)(H2,24,29,30). The highest BCUT2D eigenvalue weighted by Crippen LogP contribution is 2.34. The first-order valence-electron chi connectivity index (χ1n) is 9.70. The molecule has 4 aromatic heterocycles. The van der Waals surface area contributed by atoms with Crippen molar-refractivity contribution >= 4 is 17.0 Å². The summed E-state index contributed by atoms with van der Waals surface area (Å²) in [5.41, 5.74) is 9.77. The van der Waals surface area contributed by atoms with E-state index >= 15 is 0 Å². The van der Waals surface area contributed by atoms with Crippen LogP contribution in [0.4, 0.5) is 5.95 Å². The lowest BCUT2D eigenvalue weighted by Crippen LogP contribution is -2.25. The van der Waals surface area contributed by atoms with Crippen molar-refractivity contribution in [1.82, 2.24) is 30.1 Å². The SMILES string of the molecule is CC(O)(c1ccccc1)c1cc(-c2c[nH]c3ncc(-c4ccnnc4)cc23)nc(N)n1. The number of hydrogen-bond acceptors (Lipinski definition) is 7. The van der Waals surface area contributed by atoms with E-state index in [9.17, 15) is 5.11 Å². The van der Waals surface area contributed by atoms with E-state index in [0.717, 1.165) is 22.1 Å². The maximum atomic E-state index is 11.2. The molecule has 0 saturated carbocycles. The van der Waals surface area contributed by atoms with Gasteiger partial charge >= 0.3 is 0 Å². The number of aromatic amines is 1. The molecular weight excluding hydrogens is 390 g/mol. The zero-order valence-electron chi connectivity index (χ0n) is 16.7. The summed E-state index contributed by atoms with van der Waals surface area (Å²) < 4.78 is 0. The van der Waals surface area contributed by atoms with Gasteiger partial charge in [0.2, 0.25) is 5.95 Å². The molecule has 0 bridgehead atoms. The quantitative estimate of drug-likeness (QED) is 0.415. The highest BCUT2D eigenvalue weighted by molar-refractivity contribution is 5.95. The van der Waals surface area contributed by atoms with Crippen LogP contribution < -0.4 is 5.73 Å². The number of benzene rings is 1. The van der Waals surface area contributed by atoms with Gasteiger partial charge in [0, 0.05) is 34.5 Å². The van der Waals surface area contributed by atoms with Crippen LogP contribution in [-0.4, -0.2) is 35.2 Å². The first kappa shape index (κ1) is 18.8. The van der Waals surface area contributed by atoms with Crippen LogP contribution in [0.1, 0.15) is 18.2 Å². The fourth-order valence-corrected chi connectivity index (χ4v) is 3.60. The number of rotatable bonds is 4. The molecule has 0 aliphatic carbocycles. The predicted molar refractivity (Wildman–Crippen MR) is 118 cm³/mol. The van der Waals surface area contributed by atoms with E-state index in [1.165, 1.54) is 0 Å². The van der Waals surface area contributed by atoms with Crippen LogP contribution in [-0.2, 0) is 5.60 Å². The second kappa shape index (κ2) is 7.26. The molecule has 4 heterocycles. The van der Waals surface area contributed by atoms with Gasteiger partial charge < -0.3 is 15.8 Å². The lowest BCUT2D eigenvalue weighted by Gasteiger charge is -2.24. The van der Waals surface area contributed by atoms with Gasteiger partial charge in [-0.3, -0.25) is 0 Å². The number of nitrogens with two attached hydrogens (primary N) is 1. The number of aliphatic hydroxyl groups is 1. The Morgan fingerprint density at radius 3 is 2.58 bits per heavy atom. The molecule has 0 spiro atoms. The third kappa shape index (κ3) is 3.38. The van der Waals surface area contributed by atoms with Crippen molar-refractivity contribution in [3.05, 3.63) is 84.6 Å². The molecule has 5 rings (SSSR count). The molecule has 0 amide bonds. The fourth-order valence-electron chi connectivity index (χ4n) is 3.60. The molecular formula is C23H19N7O. The van der Waals surface area contributed by atoms with Crippen LogP contribution in [0.15, 0.2) is 73.3 Å². The normalized spacial score (nSPS) is 13.2. The minimum absolute atomic E-state index is 0.0838. The topological polar surface area (TPSA) is 126 Å². The van der Waals surface area contributed by atoms with Gasteiger partial charge in [-0.1, -0.05) is 30.3 Å². The third-order valence-corrected chi connectivity index (χ3v) is 5.30. The summed E-state index contributed by atoms with van der Waals surface area (Å²) in [5.74, 6) is 0.0838.